The van der Waals surface area contributed by atoms with Gasteiger partial charge in [-0.15, -0.1) is 5.11 Å². The van der Waals surface area contributed by atoms with Gasteiger partial charge in [0, 0.05) is 26.3 Å². The topological polar surface area (TPSA) is 60.7 Å². The lowest BCUT2D eigenvalue weighted by Gasteiger charge is -2.04. The van der Waals surface area contributed by atoms with E-state index in [9.17, 15) is 9.50 Å². The van der Waals surface area contributed by atoms with Crippen molar-refractivity contribution in [2.24, 2.45) is 10.2 Å². The predicted molar refractivity (Wildman–Crippen MR) is 106 cm³/mol. The maximum atomic E-state index is 13.3. The van der Waals surface area contributed by atoms with Gasteiger partial charge in [0.1, 0.15) is 5.82 Å². The minimum Gasteiger partial charge on any atom is -0.493 e. The average molecular weight is 398 g/mol. The van der Waals surface area contributed by atoms with Crippen LogP contribution in [0.2, 0.25) is 5.02 Å². The monoisotopic (exact) mass is 397 g/mol. The quantitative estimate of drug-likeness (QED) is 0.357. The van der Waals surface area contributed by atoms with Gasteiger partial charge in [0.05, 0.1) is 11.2 Å². The number of aromatic nitrogens is 1. The summed E-state index contributed by atoms with van der Waals surface area (Å²) in [6.45, 7) is 0. The first-order valence-electron chi connectivity index (χ1n) is 8.04. The Bertz CT molecular complexity index is 1160. The second-order valence-corrected chi connectivity index (χ2v) is 7.29. The third kappa shape index (κ3) is 3.82. The Labute approximate surface area is 163 Å². The number of azo groups is 1. The third-order valence-corrected chi connectivity index (χ3v) is 5.12. The molecule has 4 aromatic rings. The predicted octanol–water partition coefficient (Wildman–Crippen LogP) is 7.23. The molecule has 4 nitrogen and oxygen atoms in total. The zero-order chi connectivity index (χ0) is 18.8. The number of fused-ring (bicyclic) bond motifs is 1. The highest BCUT2D eigenvalue weighted by atomic mass is 35.5. The Morgan fingerprint density at radius 3 is 2.59 bits per heavy atom. The van der Waals surface area contributed by atoms with Crippen LogP contribution in [0.5, 0.6) is 5.88 Å². The molecule has 7 heteroatoms. The van der Waals surface area contributed by atoms with Gasteiger partial charge in [-0.3, -0.25) is 0 Å². The van der Waals surface area contributed by atoms with E-state index < -0.39 is 5.82 Å². The molecule has 0 aliphatic rings. The normalized spacial score (nSPS) is 11.5. The van der Waals surface area contributed by atoms with E-state index in [1.807, 2.05) is 42.5 Å². The number of H-pyrrole nitrogens is 1. The molecule has 134 valence electrons. The maximum Gasteiger partial charge on any atom is 0.218 e. The molecule has 2 N–H and O–H groups in total. The molecule has 1 aromatic heterocycles. The van der Waals surface area contributed by atoms with Crippen molar-refractivity contribution in [1.29, 1.82) is 0 Å². The van der Waals surface area contributed by atoms with Gasteiger partial charge in [-0.2, -0.15) is 5.11 Å². The van der Waals surface area contributed by atoms with Gasteiger partial charge in [-0.1, -0.05) is 41.6 Å². The lowest BCUT2D eigenvalue weighted by Crippen LogP contribution is -1.76. The molecule has 4 rings (SSSR count). The van der Waals surface area contributed by atoms with Crippen LogP contribution in [0.1, 0.15) is 0 Å². The molecular weight excluding hydrogens is 385 g/mol. The van der Waals surface area contributed by atoms with Crippen molar-refractivity contribution >= 4 is 45.6 Å². The van der Waals surface area contributed by atoms with Crippen molar-refractivity contribution in [1.82, 2.24) is 4.98 Å². The summed E-state index contributed by atoms with van der Waals surface area (Å²) >= 11 is 7.58. The zero-order valence-electron chi connectivity index (χ0n) is 13.9. The highest BCUT2D eigenvalue weighted by Gasteiger charge is 2.15. The number of benzene rings is 3. The summed E-state index contributed by atoms with van der Waals surface area (Å²) in [6.07, 6.45) is 0. The molecule has 0 radical (unpaired) electrons. The fraction of sp³-hybridized carbons (Fsp3) is 0. The highest BCUT2D eigenvalue weighted by molar-refractivity contribution is 7.99. The number of nitrogens with zero attached hydrogens (tertiary/aromatic N) is 2. The standard InChI is InChI=1S/C20H13ClFN3OS/c21-12-4-1-7-15(10-12)27-17-9-3-8-16-18(17)19(20(26)23-16)25-24-14-6-2-5-13(22)11-14/h1-11,23,26H. The number of aromatic amines is 1. The molecule has 3 aromatic carbocycles. The lowest BCUT2D eigenvalue weighted by atomic mass is 10.2. The minimum atomic E-state index is -0.396. The molecule has 0 spiro atoms. The molecule has 0 bridgehead atoms. The third-order valence-electron chi connectivity index (χ3n) is 3.84. The largest absolute Gasteiger partial charge is 0.493 e. The minimum absolute atomic E-state index is 0.0932. The molecule has 0 amide bonds. The average Bonchev–Trinajstić information content (AvgIpc) is 2.96. The van der Waals surface area contributed by atoms with Gasteiger partial charge in [0.25, 0.3) is 0 Å². The van der Waals surface area contributed by atoms with Crippen molar-refractivity contribution in [2.75, 3.05) is 0 Å². The molecular formula is C20H13ClFN3OS. The van der Waals surface area contributed by atoms with Crippen molar-refractivity contribution in [3.63, 3.8) is 0 Å². The smallest absolute Gasteiger partial charge is 0.218 e. The lowest BCUT2D eigenvalue weighted by molar-refractivity contribution is 0.459. The van der Waals surface area contributed by atoms with Crippen LogP contribution < -0.4 is 0 Å². The molecule has 0 aliphatic carbocycles. The Balaban J connectivity index is 1.78. The summed E-state index contributed by atoms with van der Waals surface area (Å²) in [5.74, 6) is -0.490. The van der Waals surface area contributed by atoms with Gasteiger partial charge >= 0.3 is 0 Å². The van der Waals surface area contributed by atoms with Crippen LogP contribution in [-0.4, -0.2) is 10.1 Å². The van der Waals surface area contributed by atoms with E-state index in [4.69, 9.17) is 11.6 Å². The SMILES string of the molecule is Oc1[nH]c2cccc(Sc3cccc(Cl)c3)c2c1N=Nc1cccc(F)c1. The van der Waals surface area contributed by atoms with E-state index in [-0.39, 0.29) is 5.88 Å². The van der Waals surface area contributed by atoms with Crippen LogP contribution in [-0.2, 0) is 0 Å². The van der Waals surface area contributed by atoms with Gasteiger partial charge < -0.3 is 10.1 Å². The van der Waals surface area contributed by atoms with Crippen molar-refractivity contribution in [3.05, 3.63) is 77.6 Å². The number of hydrogen-bond donors (Lipinski definition) is 2. The van der Waals surface area contributed by atoms with E-state index >= 15 is 0 Å². The molecule has 1 heterocycles. The number of halogens is 2. The second kappa shape index (κ2) is 7.42. The van der Waals surface area contributed by atoms with Crippen LogP contribution in [0.15, 0.2) is 86.7 Å². The van der Waals surface area contributed by atoms with Crippen LogP contribution >= 0.6 is 23.4 Å². The highest BCUT2D eigenvalue weighted by Crippen LogP contribution is 2.43. The van der Waals surface area contributed by atoms with E-state index in [0.29, 0.717) is 16.4 Å². The number of hydrogen-bond acceptors (Lipinski definition) is 4. The molecule has 0 fully saturated rings. The Kier molecular flexibility index (Phi) is 4.83. The first-order chi connectivity index (χ1) is 13.1. The number of nitrogens with one attached hydrogen (secondary N) is 1. The zero-order valence-corrected chi connectivity index (χ0v) is 15.4. The summed E-state index contributed by atoms with van der Waals surface area (Å²) in [5.41, 5.74) is 1.40. The fourth-order valence-electron chi connectivity index (χ4n) is 2.67. The summed E-state index contributed by atoms with van der Waals surface area (Å²) in [7, 11) is 0. The molecule has 0 atom stereocenters. The van der Waals surface area contributed by atoms with E-state index in [0.717, 1.165) is 20.7 Å². The molecule has 0 saturated heterocycles. The van der Waals surface area contributed by atoms with Crippen LogP contribution in [0.4, 0.5) is 15.8 Å². The van der Waals surface area contributed by atoms with Gasteiger partial charge in [-0.25, -0.2) is 4.39 Å². The van der Waals surface area contributed by atoms with Crippen LogP contribution in [0.3, 0.4) is 0 Å². The Morgan fingerprint density at radius 1 is 0.963 bits per heavy atom. The summed E-state index contributed by atoms with van der Waals surface area (Å²) in [5, 5.41) is 19.9. The van der Waals surface area contributed by atoms with Crippen molar-refractivity contribution < 1.29 is 9.50 Å². The summed E-state index contributed by atoms with van der Waals surface area (Å²) in [4.78, 5) is 4.75. The molecule has 0 unspecified atom stereocenters. The second-order valence-electron chi connectivity index (χ2n) is 5.74. The number of rotatable bonds is 4. The van der Waals surface area contributed by atoms with Crippen molar-refractivity contribution in [3.8, 4) is 5.88 Å². The van der Waals surface area contributed by atoms with Gasteiger partial charge in [-0.05, 0) is 42.5 Å². The van der Waals surface area contributed by atoms with Gasteiger partial charge in [0.15, 0.2) is 5.69 Å². The number of aromatic hydroxyl groups is 1. The Hall–Kier alpha value is -2.83. The summed E-state index contributed by atoms with van der Waals surface area (Å²) < 4.78 is 13.3. The first-order valence-corrected chi connectivity index (χ1v) is 9.24. The van der Waals surface area contributed by atoms with E-state index in [2.05, 4.69) is 15.2 Å². The van der Waals surface area contributed by atoms with E-state index in [1.54, 1.807) is 12.1 Å². The van der Waals surface area contributed by atoms with Crippen LogP contribution in [0, 0.1) is 5.82 Å². The van der Waals surface area contributed by atoms with Crippen LogP contribution in [0.25, 0.3) is 10.9 Å². The molecule has 27 heavy (non-hydrogen) atoms. The van der Waals surface area contributed by atoms with Crippen molar-refractivity contribution in [2.45, 2.75) is 9.79 Å². The Morgan fingerprint density at radius 2 is 1.78 bits per heavy atom. The van der Waals surface area contributed by atoms with E-state index in [1.165, 1.54) is 23.9 Å². The maximum absolute atomic E-state index is 13.3. The van der Waals surface area contributed by atoms with Gasteiger partial charge in [0.2, 0.25) is 5.88 Å². The first kappa shape index (κ1) is 17.6. The molecule has 0 saturated carbocycles. The fourth-order valence-corrected chi connectivity index (χ4v) is 3.97. The summed E-state index contributed by atoms with van der Waals surface area (Å²) in [6, 6.07) is 19.0. The molecule has 0 aliphatic heterocycles.